The van der Waals surface area contributed by atoms with Crippen LogP contribution in [0.2, 0.25) is 0 Å². The van der Waals surface area contributed by atoms with Crippen molar-refractivity contribution < 1.29 is 4.79 Å². The van der Waals surface area contributed by atoms with E-state index in [1.54, 1.807) is 18.2 Å². The van der Waals surface area contributed by atoms with Crippen LogP contribution < -0.4 is 16.2 Å². The average molecular weight is 407 g/mol. The van der Waals surface area contributed by atoms with E-state index >= 15 is 0 Å². The zero-order chi connectivity index (χ0) is 20.5. The van der Waals surface area contributed by atoms with Crippen LogP contribution in [-0.4, -0.2) is 26.5 Å². The predicted octanol–water partition coefficient (Wildman–Crippen LogP) is 3.75. The Hall–Kier alpha value is -3.26. The molecular formula is C21H21N5O2S. The van der Waals surface area contributed by atoms with Crippen molar-refractivity contribution in [1.82, 2.24) is 19.9 Å². The van der Waals surface area contributed by atoms with Gasteiger partial charge in [-0.25, -0.2) is 4.98 Å². The predicted molar refractivity (Wildman–Crippen MR) is 116 cm³/mol. The minimum absolute atomic E-state index is 0.0281. The number of carbonyl (C=O) groups is 1. The fraction of sp³-hybridized carbons (Fsp3) is 0.238. The van der Waals surface area contributed by atoms with Crippen molar-refractivity contribution in [3.63, 3.8) is 0 Å². The summed E-state index contributed by atoms with van der Waals surface area (Å²) in [4.78, 5) is 30.2. The highest BCUT2D eigenvalue weighted by atomic mass is 32.1. The van der Waals surface area contributed by atoms with Gasteiger partial charge in [0.1, 0.15) is 0 Å². The maximum Gasteiger partial charge on any atom is 0.283 e. The topological polar surface area (TPSA) is 88.4 Å². The van der Waals surface area contributed by atoms with Gasteiger partial charge in [0.25, 0.3) is 11.5 Å². The Labute approximate surface area is 171 Å². The number of anilines is 2. The molecule has 2 N–H and O–H groups in total. The van der Waals surface area contributed by atoms with Gasteiger partial charge < -0.3 is 10.6 Å². The van der Waals surface area contributed by atoms with E-state index in [1.165, 1.54) is 15.9 Å². The van der Waals surface area contributed by atoms with E-state index in [4.69, 9.17) is 0 Å². The van der Waals surface area contributed by atoms with Crippen LogP contribution in [0.3, 0.4) is 0 Å². The molecule has 0 saturated heterocycles. The third-order valence-electron chi connectivity index (χ3n) is 4.52. The quantitative estimate of drug-likeness (QED) is 0.526. The van der Waals surface area contributed by atoms with E-state index in [2.05, 4.69) is 33.7 Å². The van der Waals surface area contributed by atoms with E-state index in [0.29, 0.717) is 26.6 Å². The number of fused-ring (bicyclic) bond motifs is 2. The second kappa shape index (κ2) is 7.63. The molecule has 2 heterocycles. The van der Waals surface area contributed by atoms with Gasteiger partial charge in [0.15, 0.2) is 0 Å². The number of hydrogen-bond acceptors (Lipinski definition) is 6. The van der Waals surface area contributed by atoms with Crippen LogP contribution >= 0.6 is 11.3 Å². The summed E-state index contributed by atoms with van der Waals surface area (Å²) < 4.78 is 1.30. The van der Waals surface area contributed by atoms with Crippen LogP contribution in [0.25, 0.3) is 15.9 Å². The Morgan fingerprint density at radius 1 is 1.21 bits per heavy atom. The summed E-state index contributed by atoms with van der Waals surface area (Å²) in [5, 5.41) is 11.5. The Bertz CT molecular complexity index is 1280. The van der Waals surface area contributed by atoms with Crippen molar-refractivity contribution >= 4 is 43.9 Å². The van der Waals surface area contributed by atoms with Crippen LogP contribution in [0, 0.1) is 0 Å². The van der Waals surface area contributed by atoms with Gasteiger partial charge in [-0.1, -0.05) is 36.5 Å². The van der Waals surface area contributed by atoms with Crippen LogP contribution in [0.1, 0.15) is 36.7 Å². The van der Waals surface area contributed by atoms with Gasteiger partial charge in [-0.05, 0) is 50.1 Å². The van der Waals surface area contributed by atoms with Crippen LogP contribution in [-0.2, 0) is 6.42 Å². The van der Waals surface area contributed by atoms with Gasteiger partial charge in [0, 0.05) is 17.3 Å². The lowest BCUT2D eigenvalue weighted by Crippen LogP contribution is -2.30. The maximum absolute atomic E-state index is 12.9. The maximum atomic E-state index is 12.9. The molecule has 7 nitrogen and oxygen atoms in total. The second-order valence-electron chi connectivity index (χ2n) is 7.01. The molecule has 0 aliphatic heterocycles. The molecule has 8 heteroatoms. The highest BCUT2D eigenvalue weighted by molar-refractivity contribution is 7.20. The van der Waals surface area contributed by atoms with E-state index in [9.17, 15) is 9.59 Å². The number of nitrogens with zero attached hydrogens (tertiary/aromatic N) is 3. The molecule has 0 aliphatic rings. The average Bonchev–Trinajstić information content (AvgIpc) is 3.10. The zero-order valence-electron chi connectivity index (χ0n) is 16.4. The molecule has 1 amide bonds. The second-order valence-corrected chi connectivity index (χ2v) is 7.97. The van der Waals surface area contributed by atoms with Crippen LogP contribution in [0.5, 0.6) is 0 Å². The van der Waals surface area contributed by atoms with Gasteiger partial charge in [-0.2, -0.15) is 4.52 Å². The standard InChI is InChI=1S/C21H21N5O2S/c1-4-13-7-5-6-8-16(13)23-20-25-26-19(28)15-10-9-14(18(27)22-12(2)3)11-17(15)24-21(26)29-20/h5-12H,4H2,1-3H3,(H,22,27)(H,23,25). The molecule has 4 rings (SSSR count). The summed E-state index contributed by atoms with van der Waals surface area (Å²) in [5.74, 6) is -0.188. The molecule has 2 aromatic heterocycles. The molecule has 0 spiro atoms. The van der Waals surface area contributed by atoms with Gasteiger partial charge in [-0.15, -0.1) is 5.10 Å². The first kappa shape index (κ1) is 19.1. The molecule has 4 aromatic rings. The number of nitrogens with one attached hydrogen (secondary N) is 2. The molecule has 2 aromatic carbocycles. The van der Waals surface area contributed by atoms with Gasteiger partial charge in [0.2, 0.25) is 10.1 Å². The molecule has 0 fully saturated rings. The Morgan fingerprint density at radius 3 is 2.76 bits per heavy atom. The molecule has 0 radical (unpaired) electrons. The lowest BCUT2D eigenvalue weighted by Gasteiger charge is -2.08. The summed E-state index contributed by atoms with van der Waals surface area (Å²) in [7, 11) is 0. The first-order chi connectivity index (χ1) is 14.0. The molecule has 0 bridgehead atoms. The van der Waals surface area contributed by atoms with Crippen LogP contribution in [0.15, 0.2) is 47.3 Å². The number of aryl methyl sites for hydroxylation is 1. The number of benzene rings is 2. The minimum Gasteiger partial charge on any atom is -0.350 e. The lowest BCUT2D eigenvalue weighted by atomic mass is 10.1. The molecule has 0 aliphatic carbocycles. The third-order valence-corrected chi connectivity index (χ3v) is 5.34. The van der Waals surface area contributed by atoms with Crippen molar-refractivity contribution in [2.75, 3.05) is 5.32 Å². The van der Waals surface area contributed by atoms with Gasteiger partial charge in [0.05, 0.1) is 10.9 Å². The minimum atomic E-state index is -0.256. The SMILES string of the molecule is CCc1ccccc1Nc1nn2c(=O)c3ccc(C(=O)NC(C)C)cc3nc2s1. The highest BCUT2D eigenvalue weighted by Crippen LogP contribution is 2.25. The molecule has 29 heavy (non-hydrogen) atoms. The normalized spacial score (nSPS) is 11.3. The highest BCUT2D eigenvalue weighted by Gasteiger charge is 2.14. The smallest absolute Gasteiger partial charge is 0.283 e. The number of amides is 1. The number of hydrogen-bond donors (Lipinski definition) is 2. The molecule has 148 valence electrons. The fourth-order valence-electron chi connectivity index (χ4n) is 3.11. The fourth-order valence-corrected chi connectivity index (χ4v) is 3.92. The zero-order valence-corrected chi connectivity index (χ0v) is 17.2. The summed E-state index contributed by atoms with van der Waals surface area (Å²) in [6.45, 7) is 5.88. The summed E-state index contributed by atoms with van der Waals surface area (Å²) in [5.41, 5.74) is 2.82. The summed E-state index contributed by atoms with van der Waals surface area (Å²) in [6.07, 6.45) is 0.886. The van der Waals surface area contributed by atoms with Crippen LogP contribution in [0.4, 0.5) is 10.8 Å². The molecule has 0 saturated carbocycles. The number of carbonyl (C=O) groups excluding carboxylic acids is 1. The van der Waals surface area contributed by atoms with Crippen molar-refractivity contribution in [2.24, 2.45) is 0 Å². The summed E-state index contributed by atoms with van der Waals surface area (Å²) in [6, 6.07) is 12.9. The number of para-hydroxylation sites is 1. The van der Waals surface area contributed by atoms with E-state index < -0.39 is 0 Å². The van der Waals surface area contributed by atoms with E-state index in [0.717, 1.165) is 17.7 Å². The van der Waals surface area contributed by atoms with E-state index in [-0.39, 0.29) is 17.5 Å². The largest absolute Gasteiger partial charge is 0.350 e. The third kappa shape index (κ3) is 3.71. The monoisotopic (exact) mass is 407 g/mol. The lowest BCUT2D eigenvalue weighted by molar-refractivity contribution is 0.0943. The summed E-state index contributed by atoms with van der Waals surface area (Å²) >= 11 is 1.29. The van der Waals surface area contributed by atoms with Gasteiger partial charge in [-0.3, -0.25) is 9.59 Å². The number of aromatic nitrogens is 3. The van der Waals surface area contributed by atoms with E-state index in [1.807, 2.05) is 32.0 Å². The first-order valence-electron chi connectivity index (χ1n) is 9.45. The van der Waals surface area contributed by atoms with Crippen molar-refractivity contribution in [2.45, 2.75) is 33.2 Å². The first-order valence-corrected chi connectivity index (χ1v) is 10.3. The molecular weight excluding hydrogens is 386 g/mol. The van der Waals surface area contributed by atoms with Crippen molar-refractivity contribution in [1.29, 1.82) is 0 Å². The Balaban J connectivity index is 1.76. The Morgan fingerprint density at radius 2 is 2.00 bits per heavy atom. The molecule has 0 atom stereocenters. The number of rotatable bonds is 5. The molecule has 0 unspecified atom stereocenters. The van der Waals surface area contributed by atoms with Crippen molar-refractivity contribution in [3.05, 3.63) is 63.9 Å². The van der Waals surface area contributed by atoms with Crippen molar-refractivity contribution in [3.8, 4) is 0 Å². The Kier molecular flexibility index (Phi) is 5.02. The van der Waals surface area contributed by atoms with Gasteiger partial charge >= 0.3 is 0 Å².